The standard InChI is InChI=1S/C20H18F6N6O2/c1-9-13(10(2)32-18(27-9)30-17(31-32)20(24,25)26)5-7-16(34)29-15-6-4-12(28-11(3)33)8-14(15)19(21,22)23/h4,6,8H,5,7H2,1-3H3,(H,28,33)(H,29,34). The van der Waals surface area contributed by atoms with Crippen molar-refractivity contribution in [2.45, 2.75) is 46.0 Å². The molecular formula is C20H18F6N6O2. The molecule has 2 aromatic heterocycles. The van der Waals surface area contributed by atoms with Gasteiger partial charge < -0.3 is 10.6 Å². The number of carbonyl (C=O) groups excluding carboxylic acids is 2. The van der Waals surface area contributed by atoms with Gasteiger partial charge in [-0.15, -0.1) is 5.10 Å². The lowest BCUT2D eigenvalue weighted by molar-refractivity contribution is -0.144. The smallest absolute Gasteiger partial charge is 0.326 e. The molecule has 3 aromatic rings. The van der Waals surface area contributed by atoms with Gasteiger partial charge in [-0.2, -0.15) is 31.3 Å². The van der Waals surface area contributed by atoms with E-state index in [-0.39, 0.29) is 30.0 Å². The van der Waals surface area contributed by atoms with E-state index >= 15 is 0 Å². The highest BCUT2D eigenvalue weighted by Gasteiger charge is 2.37. The third-order valence-electron chi connectivity index (χ3n) is 4.82. The summed E-state index contributed by atoms with van der Waals surface area (Å²) in [7, 11) is 0. The zero-order valence-electron chi connectivity index (χ0n) is 18.0. The number of amides is 2. The first kappa shape index (κ1) is 24.9. The van der Waals surface area contributed by atoms with Crippen molar-refractivity contribution in [3.8, 4) is 0 Å². The normalized spacial score (nSPS) is 12.1. The molecule has 2 N–H and O–H groups in total. The molecule has 0 saturated heterocycles. The van der Waals surface area contributed by atoms with Crippen molar-refractivity contribution in [2.24, 2.45) is 0 Å². The van der Waals surface area contributed by atoms with E-state index in [0.29, 0.717) is 17.3 Å². The van der Waals surface area contributed by atoms with Crippen molar-refractivity contribution in [1.82, 2.24) is 19.6 Å². The molecule has 0 aliphatic heterocycles. The fraction of sp³-hybridized carbons (Fsp3) is 0.350. The van der Waals surface area contributed by atoms with Crippen LogP contribution >= 0.6 is 0 Å². The molecule has 2 heterocycles. The van der Waals surface area contributed by atoms with Crippen LogP contribution in [0.1, 0.15) is 41.7 Å². The summed E-state index contributed by atoms with van der Waals surface area (Å²) in [6, 6.07) is 2.93. The highest BCUT2D eigenvalue weighted by molar-refractivity contribution is 5.93. The van der Waals surface area contributed by atoms with Crippen LogP contribution in [-0.2, 0) is 28.4 Å². The van der Waals surface area contributed by atoms with E-state index in [4.69, 9.17) is 0 Å². The Kier molecular flexibility index (Phi) is 6.53. The minimum atomic E-state index is -4.80. The third kappa shape index (κ3) is 5.43. The van der Waals surface area contributed by atoms with Gasteiger partial charge in [0.1, 0.15) is 0 Å². The van der Waals surface area contributed by atoms with E-state index in [1.807, 2.05) is 0 Å². The van der Waals surface area contributed by atoms with Crippen LogP contribution in [0.4, 0.5) is 37.7 Å². The second-order valence-corrected chi connectivity index (χ2v) is 7.39. The predicted molar refractivity (Wildman–Crippen MR) is 108 cm³/mol. The fourth-order valence-corrected chi connectivity index (χ4v) is 3.31. The Morgan fingerprint density at radius 3 is 2.26 bits per heavy atom. The van der Waals surface area contributed by atoms with Crippen LogP contribution in [0, 0.1) is 13.8 Å². The number of alkyl halides is 6. The number of fused-ring (bicyclic) bond motifs is 1. The molecule has 34 heavy (non-hydrogen) atoms. The van der Waals surface area contributed by atoms with Crippen LogP contribution in [0.2, 0.25) is 0 Å². The van der Waals surface area contributed by atoms with Gasteiger partial charge in [-0.25, -0.2) is 9.50 Å². The molecule has 0 radical (unpaired) electrons. The van der Waals surface area contributed by atoms with E-state index in [0.717, 1.165) is 17.5 Å². The Morgan fingerprint density at radius 2 is 1.68 bits per heavy atom. The Hall–Kier alpha value is -3.71. The van der Waals surface area contributed by atoms with E-state index in [1.54, 1.807) is 0 Å². The Labute approximate surface area is 188 Å². The highest BCUT2D eigenvalue weighted by atomic mass is 19.4. The number of hydrogen-bond donors (Lipinski definition) is 2. The molecule has 8 nitrogen and oxygen atoms in total. The van der Waals surface area contributed by atoms with Crippen molar-refractivity contribution < 1.29 is 35.9 Å². The summed E-state index contributed by atoms with van der Waals surface area (Å²) in [5.74, 6) is -2.94. The van der Waals surface area contributed by atoms with Crippen molar-refractivity contribution in [3.05, 3.63) is 46.5 Å². The molecule has 0 bridgehead atoms. The fourth-order valence-electron chi connectivity index (χ4n) is 3.31. The predicted octanol–water partition coefficient (Wildman–Crippen LogP) is 4.31. The summed E-state index contributed by atoms with van der Waals surface area (Å²) in [6.07, 6.45) is -9.86. The van der Waals surface area contributed by atoms with Crippen LogP contribution in [0.15, 0.2) is 18.2 Å². The van der Waals surface area contributed by atoms with Gasteiger partial charge >= 0.3 is 12.4 Å². The number of halogens is 6. The average Bonchev–Trinajstić information content (AvgIpc) is 3.12. The first-order valence-electron chi connectivity index (χ1n) is 9.75. The quantitative estimate of drug-likeness (QED) is 0.522. The number of nitrogens with zero attached hydrogens (tertiary/aromatic N) is 4. The molecule has 0 aliphatic rings. The van der Waals surface area contributed by atoms with Gasteiger partial charge in [-0.3, -0.25) is 9.59 Å². The Morgan fingerprint density at radius 1 is 1.00 bits per heavy atom. The molecule has 1 aromatic carbocycles. The summed E-state index contributed by atoms with van der Waals surface area (Å²) in [4.78, 5) is 30.9. The SMILES string of the molecule is CC(=O)Nc1ccc(NC(=O)CCc2c(C)nc3nc(C(F)(F)F)nn3c2C)c(C(F)(F)F)c1. The van der Waals surface area contributed by atoms with E-state index in [1.165, 1.54) is 19.9 Å². The summed E-state index contributed by atoms with van der Waals surface area (Å²) in [5, 5.41) is 7.84. The van der Waals surface area contributed by atoms with Gasteiger partial charge in [0.25, 0.3) is 11.6 Å². The number of rotatable bonds is 5. The lowest BCUT2D eigenvalue weighted by Gasteiger charge is -2.16. The third-order valence-corrected chi connectivity index (χ3v) is 4.82. The van der Waals surface area contributed by atoms with E-state index < -0.39 is 41.2 Å². The molecule has 0 unspecified atom stereocenters. The van der Waals surface area contributed by atoms with Gasteiger partial charge in [-0.05, 0) is 44.0 Å². The second-order valence-electron chi connectivity index (χ2n) is 7.39. The molecule has 0 saturated carbocycles. The maximum absolute atomic E-state index is 13.4. The average molecular weight is 488 g/mol. The van der Waals surface area contributed by atoms with Crippen LogP contribution in [0.3, 0.4) is 0 Å². The summed E-state index contributed by atoms with van der Waals surface area (Å²) in [6.45, 7) is 4.14. The number of aromatic nitrogens is 4. The molecular weight excluding hydrogens is 470 g/mol. The molecule has 0 spiro atoms. The van der Waals surface area contributed by atoms with Crippen LogP contribution in [0.25, 0.3) is 5.78 Å². The van der Waals surface area contributed by atoms with Gasteiger partial charge in [0, 0.05) is 30.4 Å². The van der Waals surface area contributed by atoms with E-state index in [9.17, 15) is 35.9 Å². The minimum Gasteiger partial charge on any atom is -0.326 e. The van der Waals surface area contributed by atoms with Crippen LogP contribution in [-0.4, -0.2) is 31.4 Å². The van der Waals surface area contributed by atoms with Gasteiger partial charge in [0.05, 0.1) is 11.3 Å². The first-order chi connectivity index (χ1) is 15.7. The van der Waals surface area contributed by atoms with Crippen molar-refractivity contribution in [2.75, 3.05) is 10.6 Å². The Balaban J connectivity index is 1.81. The van der Waals surface area contributed by atoms with Gasteiger partial charge in [0.15, 0.2) is 0 Å². The van der Waals surface area contributed by atoms with Crippen LogP contribution in [0.5, 0.6) is 0 Å². The maximum atomic E-state index is 13.4. The zero-order valence-corrected chi connectivity index (χ0v) is 18.0. The van der Waals surface area contributed by atoms with Gasteiger partial charge in [-0.1, -0.05) is 0 Å². The zero-order chi connectivity index (χ0) is 25.4. The van der Waals surface area contributed by atoms with E-state index in [2.05, 4.69) is 25.7 Å². The summed E-state index contributed by atoms with van der Waals surface area (Å²) >= 11 is 0. The topological polar surface area (TPSA) is 101 Å². The summed E-state index contributed by atoms with van der Waals surface area (Å²) < 4.78 is 79.9. The number of carbonyl (C=O) groups is 2. The number of hydrogen-bond acceptors (Lipinski definition) is 5. The molecule has 0 aliphatic carbocycles. The molecule has 0 fully saturated rings. The Bertz CT molecular complexity index is 1270. The molecule has 182 valence electrons. The lowest BCUT2D eigenvalue weighted by Crippen LogP contribution is -2.18. The number of nitrogens with one attached hydrogen (secondary N) is 2. The first-order valence-corrected chi connectivity index (χ1v) is 9.75. The summed E-state index contributed by atoms with van der Waals surface area (Å²) in [5.41, 5.74) is -0.735. The number of anilines is 2. The largest absolute Gasteiger partial charge is 0.453 e. The maximum Gasteiger partial charge on any atom is 0.453 e. The minimum absolute atomic E-state index is 0.0149. The second kappa shape index (κ2) is 8.91. The number of aryl methyl sites for hydroxylation is 2. The highest BCUT2D eigenvalue weighted by Crippen LogP contribution is 2.37. The monoisotopic (exact) mass is 488 g/mol. The van der Waals surface area contributed by atoms with Crippen molar-refractivity contribution in [1.29, 1.82) is 0 Å². The van der Waals surface area contributed by atoms with Crippen LogP contribution < -0.4 is 10.6 Å². The van der Waals surface area contributed by atoms with Gasteiger partial charge in [0.2, 0.25) is 11.8 Å². The van der Waals surface area contributed by atoms with Crippen molar-refractivity contribution >= 4 is 29.0 Å². The number of benzene rings is 1. The molecule has 2 amide bonds. The molecule has 0 atom stereocenters. The lowest BCUT2D eigenvalue weighted by atomic mass is 10.1. The van der Waals surface area contributed by atoms with Crippen molar-refractivity contribution in [3.63, 3.8) is 0 Å². The molecule has 14 heteroatoms. The molecule has 3 rings (SSSR count).